The molecule has 0 amide bonds. The lowest BCUT2D eigenvalue weighted by Crippen LogP contribution is -2.09. The molecule has 2 aromatic carbocycles. The second-order valence-electron chi connectivity index (χ2n) is 4.06. The van der Waals surface area contributed by atoms with Gasteiger partial charge in [-0.2, -0.15) is 12.6 Å². The highest BCUT2D eigenvalue weighted by molar-refractivity contribution is 7.80. The van der Waals surface area contributed by atoms with Gasteiger partial charge in [-0.3, -0.25) is 0 Å². The fourth-order valence-electron chi connectivity index (χ4n) is 1.72. The van der Waals surface area contributed by atoms with E-state index in [1.807, 2.05) is 42.5 Å². The molecule has 2 aromatic rings. The van der Waals surface area contributed by atoms with E-state index in [0.717, 1.165) is 11.1 Å². The summed E-state index contributed by atoms with van der Waals surface area (Å²) < 4.78 is 5.08. The van der Waals surface area contributed by atoms with Gasteiger partial charge in [0.1, 0.15) is 5.75 Å². The normalized spacial score (nSPS) is 11.8. The standard InChI is InChI=1S/C15H14O3S/c16-14(17)10-18-13-8-6-12(7-9-13)15(19)11-4-2-1-3-5-11/h1-9,15,19H,10H2,(H,16,17). The number of benzene rings is 2. The molecular weight excluding hydrogens is 260 g/mol. The van der Waals surface area contributed by atoms with E-state index >= 15 is 0 Å². The Labute approximate surface area is 117 Å². The summed E-state index contributed by atoms with van der Waals surface area (Å²) in [5, 5.41) is 8.52. The van der Waals surface area contributed by atoms with Crippen LogP contribution in [0.15, 0.2) is 54.6 Å². The van der Waals surface area contributed by atoms with Crippen LogP contribution in [0.2, 0.25) is 0 Å². The Hall–Kier alpha value is -1.94. The zero-order valence-corrected chi connectivity index (χ0v) is 11.1. The minimum absolute atomic E-state index is 0.00489. The van der Waals surface area contributed by atoms with Crippen LogP contribution in [0.1, 0.15) is 16.4 Å². The van der Waals surface area contributed by atoms with Crippen LogP contribution < -0.4 is 4.74 Å². The lowest BCUT2D eigenvalue weighted by Gasteiger charge is -2.12. The van der Waals surface area contributed by atoms with Crippen LogP contribution in [0, 0.1) is 0 Å². The fraction of sp³-hybridized carbons (Fsp3) is 0.133. The summed E-state index contributed by atoms with van der Waals surface area (Å²) in [4.78, 5) is 10.4. The monoisotopic (exact) mass is 274 g/mol. The number of carbonyl (C=O) groups is 1. The van der Waals surface area contributed by atoms with Crippen LogP contribution in [-0.2, 0) is 4.79 Å². The number of hydrogen-bond acceptors (Lipinski definition) is 3. The smallest absolute Gasteiger partial charge is 0.341 e. The minimum atomic E-state index is -0.986. The third kappa shape index (κ3) is 3.76. The van der Waals surface area contributed by atoms with E-state index in [9.17, 15) is 4.79 Å². The van der Waals surface area contributed by atoms with Crippen molar-refractivity contribution in [2.75, 3.05) is 6.61 Å². The Morgan fingerprint density at radius 2 is 1.63 bits per heavy atom. The summed E-state index contributed by atoms with van der Waals surface area (Å²) in [6.07, 6.45) is 0. The van der Waals surface area contributed by atoms with Gasteiger partial charge in [0.25, 0.3) is 0 Å². The molecular formula is C15H14O3S. The van der Waals surface area contributed by atoms with Gasteiger partial charge in [-0.1, -0.05) is 42.5 Å². The largest absolute Gasteiger partial charge is 0.482 e. The Kier molecular flexibility index (Phi) is 4.47. The molecule has 0 spiro atoms. The van der Waals surface area contributed by atoms with Crippen LogP contribution in [0.5, 0.6) is 5.75 Å². The maximum Gasteiger partial charge on any atom is 0.341 e. The SMILES string of the molecule is O=C(O)COc1ccc(C(S)c2ccccc2)cc1. The first kappa shape index (κ1) is 13.5. The summed E-state index contributed by atoms with van der Waals surface area (Å²) in [6.45, 7) is -0.331. The predicted octanol–water partition coefficient (Wildman–Crippen LogP) is 3.17. The van der Waals surface area contributed by atoms with E-state index < -0.39 is 5.97 Å². The molecule has 3 nitrogen and oxygen atoms in total. The average Bonchev–Trinajstić information content (AvgIpc) is 2.46. The number of carboxylic acid groups (broad SMARTS) is 1. The molecule has 0 saturated heterocycles. The fourth-order valence-corrected chi connectivity index (χ4v) is 2.06. The van der Waals surface area contributed by atoms with E-state index in [1.165, 1.54) is 0 Å². The number of carboxylic acids is 1. The maximum absolute atomic E-state index is 10.4. The zero-order chi connectivity index (χ0) is 13.7. The Balaban J connectivity index is 2.08. The van der Waals surface area contributed by atoms with Gasteiger partial charge in [-0.25, -0.2) is 4.79 Å². The highest BCUT2D eigenvalue weighted by atomic mass is 32.1. The highest BCUT2D eigenvalue weighted by Gasteiger charge is 2.09. The van der Waals surface area contributed by atoms with Gasteiger partial charge in [-0.05, 0) is 23.3 Å². The number of thiol groups is 1. The number of aliphatic carboxylic acids is 1. The molecule has 0 bridgehead atoms. The predicted molar refractivity (Wildman–Crippen MR) is 76.8 cm³/mol. The average molecular weight is 274 g/mol. The summed E-state index contributed by atoms with van der Waals surface area (Å²) >= 11 is 4.59. The lowest BCUT2D eigenvalue weighted by molar-refractivity contribution is -0.139. The zero-order valence-electron chi connectivity index (χ0n) is 10.2. The molecule has 0 saturated carbocycles. The first-order valence-electron chi connectivity index (χ1n) is 5.84. The molecule has 0 aliphatic carbocycles. The molecule has 0 radical (unpaired) electrons. The van der Waals surface area contributed by atoms with Crippen LogP contribution in [0.3, 0.4) is 0 Å². The molecule has 0 fully saturated rings. The van der Waals surface area contributed by atoms with Gasteiger partial charge in [-0.15, -0.1) is 0 Å². The second-order valence-corrected chi connectivity index (χ2v) is 4.58. The van der Waals surface area contributed by atoms with Crippen molar-refractivity contribution in [1.29, 1.82) is 0 Å². The molecule has 0 aromatic heterocycles. The van der Waals surface area contributed by atoms with Gasteiger partial charge in [0.05, 0.1) is 5.25 Å². The Morgan fingerprint density at radius 3 is 2.21 bits per heavy atom. The van der Waals surface area contributed by atoms with Crippen molar-refractivity contribution >= 4 is 18.6 Å². The molecule has 4 heteroatoms. The molecule has 0 aliphatic rings. The van der Waals surface area contributed by atoms with Crippen molar-refractivity contribution in [2.24, 2.45) is 0 Å². The number of rotatable bonds is 5. The summed E-state index contributed by atoms with van der Waals surface area (Å²) in [6, 6.07) is 17.2. The van der Waals surface area contributed by atoms with E-state index in [1.54, 1.807) is 12.1 Å². The first-order chi connectivity index (χ1) is 9.16. The molecule has 2 rings (SSSR count). The summed E-state index contributed by atoms with van der Waals surface area (Å²) in [7, 11) is 0. The Bertz CT molecular complexity index is 537. The van der Waals surface area contributed by atoms with Gasteiger partial charge in [0.2, 0.25) is 0 Å². The van der Waals surface area contributed by atoms with Crippen molar-refractivity contribution in [3.63, 3.8) is 0 Å². The van der Waals surface area contributed by atoms with Crippen LogP contribution in [-0.4, -0.2) is 17.7 Å². The molecule has 1 atom stereocenters. The maximum atomic E-state index is 10.4. The number of hydrogen-bond donors (Lipinski definition) is 2. The van der Waals surface area contributed by atoms with Crippen molar-refractivity contribution in [1.82, 2.24) is 0 Å². The summed E-state index contributed by atoms with van der Waals surface area (Å²) in [5.41, 5.74) is 2.15. The van der Waals surface area contributed by atoms with Crippen molar-refractivity contribution in [2.45, 2.75) is 5.25 Å². The second kappa shape index (κ2) is 6.29. The van der Waals surface area contributed by atoms with Crippen molar-refractivity contribution in [3.8, 4) is 5.75 Å². The van der Waals surface area contributed by atoms with Crippen molar-refractivity contribution in [3.05, 3.63) is 65.7 Å². The Morgan fingerprint density at radius 1 is 1.05 bits per heavy atom. The highest BCUT2D eigenvalue weighted by Crippen LogP contribution is 2.29. The van der Waals surface area contributed by atoms with Gasteiger partial charge < -0.3 is 9.84 Å². The van der Waals surface area contributed by atoms with E-state index in [0.29, 0.717) is 5.75 Å². The molecule has 0 aliphatic heterocycles. The van der Waals surface area contributed by atoms with E-state index in [-0.39, 0.29) is 11.9 Å². The minimum Gasteiger partial charge on any atom is -0.482 e. The van der Waals surface area contributed by atoms with Crippen LogP contribution >= 0.6 is 12.6 Å². The van der Waals surface area contributed by atoms with Gasteiger partial charge in [0.15, 0.2) is 6.61 Å². The topological polar surface area (TPSA) is 46.5 Å². The van der Waals surface area contributed by atoms with Gasteiger partial charge in [0, 0.05) is 0 Å². The molecule has 1 unspecified atom stereocenters. The molecule has 98 valence electrons. The first-order valence-corrected chi connectivity index (χ1v) is 6.36. The van der Waals surface area contributed by atoms with E-state index in [2.05, 4.69) is 12.6 Å². The van der Waals surface area contributed by atoms with Crippen LogP contribution in [0.4, 0.5) is 0 Å². The summed E-state index contributed by atoms with van der Waals surface area (Å²) in [5.74, 6) is -0.444. The van der Waals surface area contributed by atoms with Crippen LogP contribution in [0.25, 0.3) is 0 Å². The number of ether oxygens (including phenoxy) is 1. The van der Waals surface area contributed by atoms with Crippen molar-refractivity contribution < 1.29 is 14.6 Å². The molecule has 19 heavy (non-hydrogen) atoms. The third-order valence-electron chi connectivity index (χ3n) is 2.67. The van der Waals surface area contributed by atoms with E-state index in [4.69, 9.17) is 9.84 Å². The quantitative estimate of drug-likeness (QED) is 0.823. The third-order valence-corrected chi connectivity index (χ3v) is 3.27. The molecule has 0 heterocycles. The molecule has 1 N–H and O–H groups in total. The lowest BCUT2D eigenvalue weighted by atomic mass is 10.0. The van der Waals surface area contributed by atoms with Gasteiger partial charge >= 0.3 is 5.97 Å².